The van der Waals surface area contributed by atoms with Gasteiger partial charge in [-0.05, 0) is 12.1 Å². The Kier molecular flexibility index (Phi) is 5.74. The second kappa shape index (κ2) is 7.98. The van der Waals surface area contributed by atoms with Crippen LogP contribution in [0.5, 0.6) is 0 Å². The van der Waals surface area contributed by atoms with Gasteiger partial charge in [0.2, 0.25) is 5.91 Å². The zero-order valence-corrected chi connectivity index (χ0v) is 13.1. The molecular weight excluding hydrogens is 310 g/mol. The molecule has 0 radical (unpaired) electrons. The lowest BCUT2D eigenvalue weighted by atomic mass is 10.00. The molecule has 0 aliphatic heterocycles. The Balaban J connectivity index is 2.46. The fourth-order valence-electron chi connectivity index (χ4n) is 2.06. The Morgan fingerprint density at radius 1 is 1.26 bits per heavy atom. The van der Waals surface area contributed by atoms with Gasteiger partial charge in [-0.25, -0.2) is 0 Å². The Morgan fingerprint density at radius 2 is 2.04 bits per heavy atom. The van der Waals surface area contributed by atoms with Crippen molar-refractivity contribution in [1.82, 2.24) is 4.98 Å². The van der Waals surface area contributed by atoms with E-state index in [-0.39, 0.29) is 6.42 Å². The first-order valence-corrected chi connectivity index (χ1v) is 7.37. The molecule has 0 unspecified atom stereocenters. The number of nitriles is 1. The number of amides is 1. The largest absolute Gasteiger partial charge is 0.369 e. The van der Waals surface area contributed by atoms with Gasteiger partial charge in [-0.3, -0.25) is 9.78 Å². The first-order chi connectivity index (χ1) is 11.1. The minimum Gasteiger partial charge on any atom is -0.369 e. The first kappa shape index (κ1) is 16.5. The Morgan fingerprint density at radius 3 is 2.74 bits per heavy atom. The van der Waals surface area contributed by atoms with Gasteiger partial charge in [0.1, 0.15) is 0 Å². The number of rotatable bonds is 4. The van der Waals surface area contributed by atoms with E-state index in [2.05, 4.69) is 16.8 Å². The number of benzene rings is 1. The van der Waals surface area contributed by atoms with Crippen LogP contribution in [0, 0.1) is 23.2 Å². The smallest absolute Gasteiger partial charge is 0.223 e. The van der Waals surface area contributed by atoms with E-state index in [0.717, 1.165) is 11.1 Å². The number of carbonyl (C=O) groups excluding carboxylic acids is 1. The number of halogens is 1. The predicted molar refractivity (Wildman–Crippen MR) is 89.3 cm³/mol. The summed E-state index contributed by atoms with van der Waals surface area (Å²) in [4.78, 5) is 15.6. The second-order valence-corrected chi connectivity index (χ2v) is 5.21. The highest BCUT2D eigenvalue weighted by molar-refractivity contribution is 6.33. The molecule has 0 bridgehead atoms. The summed E-state index contributed by atoms with van der Waals surface area (Å²) in [5.74, 6) is 5.43. The lowest BCUT2D eigenvalue weighted by Gasteiger charge is -2.10. The molecule has 1 aromatic heterocycles. The number of pyridine rings is 1. The van der Waals surface area contributed by atoms with E-state index < -0.39 is 5.91 Å². The third kappa shape index (κ3) is 4.57. The van der Waals surface area contributed by atoms with Gasteiger partial charge in [0.05, 0.1) is 18.2 Å². The molecule has 2 N–H and O–H groups in total. The molecule has 0 saturated carbocycles. The van der Waals surface area contributed by atoms with Crippen LogP contribution in [0.3, 0.4) is 0 Å². The Labute approximate surface area is 139 Å². The molecule has 4 nitrogen and oxygen atoms in total. The molecule has 2 rings (SSSR count). The van der Waals surface area contributed by atoms with Crippen LogP contribution in [0.25, 0.3) is 11.1 Å². The van der Waals surface area contributed by atoms with Crippen LogP contribution in [-0.2, 0) is 11.2 Å². The molecule has 114 valence electrons. The van der Waals surface area contributed by atoms with Crippen LogP contribution >= 0.6 is 11.6 Å². The highest BCUT2D eigenvalue weighted by Gasteiger charge is 2.12. The fourth-order valence-corrected chi connectivity index (χ4v) is 2.30. The van der Waals surface area contributed by atoms with Crippen LogP contribution in [0.15, 0.2) is 36.5 Å². The molecule has 0 aliphatic rings. The number of unbranched alkanes of at least 4 members (excludes halogenated alkanes) is 1. The van der Waals surface area contributed by atoms with Gasteiger partial charge in [-0.15, -0.1) is 0 Å². The zero-order chi connectivity index (χ0) is 16.7. The van der Waals surface area contributed by atoms with Crippen molar-refractivity contribution in [3.63, 3.8) is 0 Å². The number of nitrogens with two attached hydrogens (primary N) is 1. The second-order valence-electron chi connectivity index (χ2n) is 4.80. The van der Waals surface area contributed by atoms with Crippen LogP contribution < -0.4 is 5.73 Å². The molecule has 0 saturated heterocycles. The zero-order valence-electron chi connectivity index (χ0n) is 12.3. The SMILES string of the molecule is N#CCCC#Cc1cnc(CC(N)=O)c(-c2ccccc2Cl)c1. The highest BCUT2D eigenvalue weighted by atomic mass is 35.5. The third-order valence-corrected chi connectivity index (χ3v) is 3.40. The summed E-state index contributed by atoms with van der Waals surface area (Å²) in [6.07, 6.45) is 2.51. The Hall–Kier alpha value is -2.82. The van der Waals surface area contributed by atoms with Crippen LogP contribution in [0.4, 0.5) is 0 Å². The summed E-state index contributed by atoms with van der Waals surface area (Å²) >= 11 is 6.25. The summed E-state index contributed by atoms with van der Waals surface area (Å²) in [5.41, 5.74) is 8.07. The van der Waals surface area contributed by atoms with Gasteiger partial charge < -0.3 is 5.73 Å². The molecule has 1 amide bonds. The van der Waals surface area contributed by atoms with Crippen molar-refractivity contribution in [2.75, 3.05) is 0 Å². The van der Waals surface area contributed by atoms with Gasteiger partial charge in [0, 0.05) is 40.8 Å². The number of nitrogens with zero attached hydrogens (tertiary/aromatic N) is 2. The van der Waals surface area contributed by atoms with Crippen LogP contribution in [-0.4, -0.2) is 10.9 Å². The first-order valence-electron chi connectivity index (χ1n) is 6.99. The van der Waals surface area contributed by atoms with Gasteiger partial charge in [-0.1, -0.05) is 41.6 Å². The summed E-state index contributed by atoms with van der Waals surface area (Å²) in [6.45, 7) is 0. The molecule has 1 aromatic carbocycles. The fraction of sp³-hybridized carbons (Fsp3) is 0.167. The van der Waals surface area contributed by atoms with Crippen molar-refractivity contribution in [2.24, 2.45) is 5.73 Å². The van der Waals surface area contributed by atoms with E-state index in [9.17, 15) is 4.79 Å². The molecule has 0 aliphatic carbocycles. The van der Waals surface area contributed by atoms with E-state index in [1.54, 1.807) is 12.3 Å². The lowest BCUT2D eigenvalue weighted by Crippen LogP contribution is -2.15. The van der Waals surface area contributed by atoms with Crippen molar-refractivity contribution in [3.05, 3.63) is 52.8 Å². The summed E-state index contributed by atoms with van der Waals surface area (Å²) in [6, 6.07) is 11.2. The normalized spacial score (nSPS) is 9.57. The molecule has 0 atom stereocenters. The van der Waals surface area contributed by atoms with Crippen molar-refractivity contribution >= 4 is 17.5 Å². The van der Waals surface area contributed by atoms with E-state index in [4.69, 9.17) is 22.6 Å². The standard InChI is InChI=1S/C18H14ClN3O/c19-16-8-4-3-7-14(16)15-10-13(6-2-1-5-9-20)12-22-17(15)11-18(21)23/h3-4,7-8,10,12H,1,5,11H2,(H2,21,23). The molecule has 0 fully saturated rings. The van der Waals surface area contributed by atoms with E-state index in [0.29, 0.717) is 29.1 Å². The average molecular weight is 324 g/mol. The van der Waals surface area contributed by atoms with E-state index >= 15 is 0 Å². The van der Waals surface area contributed by atoms with Crippen molar-refractivity contribution in [2.45, 2.75) is 19.3 Å². The monoisotopic (exact) mass is 323 g/mol. The Bertz CT molecular complexity index is 828. The van der Waals surface area contributed by atoms with Gasteiger partial charge in [-0.2, -0.15) is 5.26 Å². The van der Waals surface area contributed by atoms with Gasteiger partial charge >= 0.3 is 0 Å². The quantitative estimate of drug-likeness (QED) is 0.693. The number of primary amides is 1. The summed E-state index contributed by atoms with van der Waals surface area (Å²) < 4.78 is 0. The minimum atomic E-state index is -0.460. The van der Waals surface area contributed by atoms with Gasteiger partial charge in [0.15, 0.2) is 0 Å². The highest BCUT2D eigenvalue weighted by Crippen LogP contribution is 2.30. The van der Waals surface area contributed by atoms with Crippen molar-refractivity contribution < 1.29 is 4.79 Å². The number of carbonyl (C=O) groups is 1. The molecule has 23 heavy (non-hydrogen) atoms. The lowest BCUT2D eigenvalue weighted by molar-refractivity contribution is -0.117. The predicted octanol–water partition coefficient (Wildman–Crippen LogP) is 3.09. The number of hydrogen-bond donors (Lipinski definition) is 1. The van der Waals surface area contributed by atoms with E-state index in [1.807, 2.05) is 30.3 Å². The molecule has 5 heteroatoms. The molecular formula is C18H14ClN3O. The molecule has 1 heterocycles. The summed E-state index contributed by atoms with van der Waals surface area (Å²) in [5, 5.41) is 9.08. The maximum absolute atomic E-state index is 11.3. The summed E-state index contributed by atoms with van der Waals surface area (Å²) in [7, 11) is 0. The maximum atomic E-state index is 11.3. The van der Waals surface area contributed by atoms with Crippen molar-refractivity contribution in [3.8, 4) is 29.0 Å². The maximum Gasteiger partial charge on any atom is 0.223 e. The number of aromatic nitrogens is 1. The van der Waals surface area contributed by atoms with Crippen LogP contribution in [0.2, 0.25) is 5.02 Å². The third-order valence-electron chi connectivity index (χ3n) is 3.07. The topological polar surface area (TPSA) is 79.8 Å². The van der Waals surface area contributed by atoms with E-state index in [1.165, 1.54) is 0 Å². The average Bonchev–Trinajstić information content (AvgIpc) is 2.53. The molecule has 2 aromatic rings. The van der Waals surface area contributed by atoms with Crippen LogP contribution in [0.1, 0.15) is 24.1 Å². The van der Waals surface area contributed by atoms with Crippen molar-refractivity contribution in [1.29, 1.82) is 5.26 Å². The van der Waals surface area contributed by atoms with Gasteiger partial charge in [0.25, 0.3) is 0 Å². The minimum absolute atomic E-state index is 0.0305. The number of hydrogen-bond acceptors (Lipinski definition) is 3. The molecule has 0 spiro atoms.